The molecule has 4 nitrogen and oxygen atoms in total. The first-order valence-electron chi connectivity index (χ1n) is 6.70. The summed E-state index contributed by atoms with van der Waals surface area (Å²) in [7, 11) is 0. The zero-order chi connectivity index (χ0) is 14.7. The van der Waals surface area contributed by atoms with Crippen molar-refractivity contribution in [3.63, 3.8) is 0 Å². The number of thioether (sulfide) groups is 1. The van der Waals surface area contributed by atoms with E-state index < -0.39 is 0 Å². The predicted molar refractivity (Wildman–Crippen MR) is 83.0 cm³/mol. The smallest absolute Gasteiger partial charge is 0.247 e. The van der Waals surface area contributed by atoms with E-state index in [1.807, 2.05) is 56.3 Å². The van der Waals surface area contributed by atoms with E-state index in [2.05, 4.69) is 15.2 Å². The third-order valence-electron chi connectivity index (χ3n) is 2.99. The Morgan fingerprint density at radius 2 is 2.00 bits per heavy atom. The lowest BCUT2D eigenvalue weighted by molar-refractivity contribution is 0.509. The van der Waals surface area contributed by atoms with E-state index in [1.54, 1.807) is 18.0 Å². The molecule has 0 aliphatic rings. The molecule has 0 saturated heterocycles. The molecule has 0 amide bonds. The van der Waals surface area contributed by atoms with Crippen molar-refractivity contribution in [2.24, 2.45) is 0 Å². The third-order valence-corrected chi connectivity index (χ3v) is 4.03. The Hall–Kier alpha value is -2.14. The fourth-order valence-corrected chi connectivity index (χ4v) is 2.78. The molecule has 1 aromatic carbocycles. The summed E-state index contributed by atoms with van der Waals surface area (Å²) in [6.45, 7) is 4.08. The van der Waals surface area contributed by atoms with Crippen LogP contribution < -0.4 is 0 Å². The molecule has 0 fully saturated rings. The topological polar surface area (TPSA) is 51.8 Å². The quantitative estimate of drug-likeness (QED) is 0.672. The van der Waals surface area contributed by atoms with Gasteiger partial charge in [0.2, 0.25) is 11.8 Å². The maximum atomic E-state index is 5.79. The molecule has 3 aromatic rings. The molecule has 0 unspecified atom stereocenters. The van der Waals surface area contributed by atoms with E-state index in [-0.39, 0.29) is 5.25 Å². The SMILES string of the molecule is Cc1cccc(-c2nnc([C@@H](C)Sc3ccccn3)o2)c1. The zero-order valence-electron chi connectivity index (χ0n) is 11.9. The molecule has 5 heteroatoms. The summed E-state index contributed by atoms with van der Waals surface area (Å²) in [6, 6.07) is 13.9. The van der Waals surface area contributed by atoms with E-state index in [1.165, 1.54) is 5.56 Å². The van der Waals surface area contributed by atoms with Gasteiger partial charge in [-0.05, 0) is 38.1 Å². The van der Waals surface area contributed by atoms with Gasteiger partial charge in [-0.1, -0.05) is 35.5 Å². The summed E-state index contributed by atoms with van der Waals surface area (Å²) in [5, 5.41) is 9.30. The Bertz CT molecular complexity index is 727. The number of benzene rings is 1. The second-order valence-electron chi connectivity index (χ2n) is 4.74. The average molecular weight is 297 g/mol. The van der Waals surface area contributed by atoms with Gasteiger partial charge in [0, 0.05) is 11.8 Å². The number of hydrogen-bond acceptors (Lipinski definition) is 5. The molecule has 0 saturated carbocycles. The number of aromatic nitrogens is 3. The van der Waals surface area contributed by atoms with Gasteiger partial charge in [-0.25, -0.2) is 4.98 Å². The molecule has 2 heterocycles. The van der Waals surface area contributed by atoms with Crippen molar-refractivity contribution in [3.8, 4) is 11.5 Å². The first kappa shape index (κ1) is 13.8. The summed E-state index contributed by atoms with van der Waals surface area (Å²) < 4.78 is 5.79. The molecular formula is C16H15N3OS. The maximum absolute atomic E-state index is 5.79. The van der Waals surface area contributed by atoms with E-state index in [0.29, 0.717) is 11.8 Å². The fourth-order valence-electron chi connectivity index (χ4n) is 1.94. The number of aryl methyl sites for hydroxylation is 1. The Kier molecular flexibility index (Phi) is 4.01. The highest BCUT2D eigenvalue weighted by atomic mass is 32.2. The first-order chi connectivity index (χ1) is 10.2. The van der Waals surface area contributed by atoms with Crippen LogP contribution in [0, 0.1) is 6.92 Å². The largest absolute Gasteiger partial charge is 0.419 e. The maximum Gasteiger partial charge on any atom is 0.247 e. The molecule has 0 N–H and O–H groups in total. The van der Waals surface area contributed by atoms with Crippen molar-refractivity contribution in [3.05, 3.63) is 60.1 Å². The minimum atomic E-state index is 0.0611. The number of hydrogen-bond donors (Lipinski definition) is 0. The van der Waals surface area contributed by atoms with Crippen LogP contribution in [0.2, 0.25) is 0 Å². The second kappa shape index (κ2) is 6.10. The van der Waals surface area contributed by atoms with Crippen LogP contribution in [0.1, 0.15) is 23.6 Å². The van der Waals surface area contributed by atoms with Gasteiger partial charge in [0.1, 0.15) is 0 Å². The lowest BCUT2D eigenvalue weighted by atomic mass is 10.1. The van der Waals surface area contributed by atoms with Gasteiger partial charge in [0.15, 0.2) is 0 Å². The van der Waals surface area contributed by atoms with Crippen molar-refractivity contribution >= 4 is 11.8 Å². The molecule has 1 atom stereocenters. The van der Waals surface area contributed by atoms with Crippen molar-refractivity contribution in [1.29, 1.82) is 0 Å². The molecule has 0 radical (unpaired) electrons. The highest BCUT2D eigenvalue weighted by Crippen LogP contribution is 2.33. The Morgan fingerprint density at radius 3 is 2.76 bits per heavy atom. The summed E-state index contributed by atoms with van der Waals surface area (Å²) in [4.78, 5) is 4.29. The van der Waals surface area contributed by atoms with Gasteiger partial charge >= 0.3 is 0 Å². The van der Waals surface area contributed by atoms with Crippen molar-refractivity contribution in [2.45, 2.75) is 24.1 Å². The number of pyridine rings is 1. The van der Waals surface area contributed by atoms with Gasteiger partial charge in [0.25, 0.3) is 0 Å². The van der Waals surface area contributed by atoms with E-state index >= 15 is 0 Å². The van der Waals surface area contributed by atoms with Crippen LogP contribution in [0.4, 0.5) is 0 Å². The van der Waals surface area contributed by atoms with E-state index in [4.69, 9.17) is 4.42 Å². The lowest BCUT2D eigenvalue weighted by Gasteiger charge is -2.05. The second-order valence-corrected chi connectivity index (χ2v) is 6.10. The molecule has 0 aliphatic heterocycles. The third kappa shape index (κ3) is 3.31. The number of nitrogens with zero attached hydrogens (tertiary/aromatic N) is 3. The van der Waals surface area contributed by atoms with Crippen LogP contribution in [0.3, 0.4) is 0 Å². The molecule has 106 valence electrons. The normalized spacial score (nSPS) is 12.3. The average Bonchev–Trinajstić information content (AvgIpc) is 2.98. The van der Waals surface area contributed by atoms with Gasteiger partial charge in [0.05, 0.1) is 10.3 Å². The fraction of sp³-hybridized carbons (Fsp3) is 0.188. The number of rotatable bonds is 4. The molecule has 3 rings (SSSR count). The van der Waals surface area contributed by atoms with Crippen LogP contribution in [-0.2, 0) is 0 Å². The van der Waals surface area contributed by atoms with Crippen LogP contribution in [-0.4, -0.2) is 15.2 Å². The van der Waals surface area contributed by atoms with Crippen molar-refractivity contribution in [1.82, 2.24) is 15.2 Å². The minimum absolute atomic E-state index is 0.0611. The van der Waals surface area contributed by atoms with Crippen molar-refractivity contribution in [2.75, 3.05) is 0 Å². The summed E-state index contributed by atoms with van der Waals surface area (Å²) in [5.41, 5.74) is 2.12. The van der Waals surface area contributed by atoms with Crippen LogP contribution in [0.15, 0.2) is 58.1 Å². The Balaban J connectivity index is 1.78. The predicted octanol–water partition coefficient (Wildman–Crippen LogP) is 4.29. The summed E-state index contributed by atoms with van der Waals surface area (Å²) >= 11 is 1.60. The summed E-state index contributed by atoms with van der Waals surface area (Å²) in [5.74, 6) is 1.17. The Morgan fingerprint density at radius 1 is 1.10 bits per heavy atom. The Labute approximate surface area is 127 Å². The van der Waals surface area contributed by atoms with Crippen LogP contribution >= 0.6 is 11.8 Å². The molecule has 0 bridgehead atoms. The molecule has 0 aliphatic carbocycles. The van der Waals surface area contributed by atoms with E-state index in [0.717, 1.165) is 10.6 Å². The van der Waals surface area contributed by atoms with Gasteiger partial charge in [-0.15, -0.1) is 10.2 Å². The monoisotopic (exact) mass is 297 g/mol. The van der Waals surface area contributed by atoms with E-state index in [9.17, 15) is 0 Å². The molecule has 21 heavy (non-hydrogen) atoms. The van der Waals surface area contributed by atoms with Gasteiger partial charge in [-0.3, -0.25) is 0 Å². The van der Waals surface area contributed by atoms with Gasteiger partial charge in [-0.2, -0.15) is 0 Å². The van der Waals surface area contributed by atoms with Crippen LogP contribution in [0.5, 0.6) is 0 Å². The van der Waals surface area contributed by atoms with Gasteiger partial charge < -0.3 is 4.42 Å². The molecular weight excluding hydrogens is 282 g/mol. The summed E-state index contributed by atoms with van der Waals surface area (Å²) in [6.07, 6.45) is 1.78. The highest BCUT2D eigenvalue weighted by Gasteiger charge is 2.16. The lowest BCUT2D eigenvalue weighted by Crippen LogP contribution is -1.89. The van der Waals surface area contributed by atoms with Crippen molar-refractivity contribution < 1.29 is 4.42 Å². The highest BCUT2D eigenvalue weighted by molar-refractivity contribution is 7.99. The first-order valence-corrected chi connectivity index (χ1v) is 7.58. The molecule has 0 spiro atoms. The standard InChI is InChI=1S/C16H15N3OS/c1-11-6-5-7-13(10-11)16-19-18-15(20-16)12(2)21-14-8-3-4-9-17-14/h3-10,12H,1-2H3/t12-/m1/s1. The van der Waals surface area contributed by atoms with Crippen LogP contribution in [0.25, 0.3) is 11.5 Å². The minimum Gasteiger partial charge on any atom is -0.419 e. The zero-order valence-corrected chi connectivity index (χ0v) is 12.7. The molecule has 2 aromatic heterocycles.